The third kappa shape index (κ3) is 5.07. The van der Waals surface area contributed by atoms with Gasteiger partial charge in [0, 0.05) is 38.7 Å². The van der Waals surface area contributed by atoms with Crippen LogP contribution in [0.4, 0.5) is 4.79 Å². The van der Waals surface area contributed by atoms with Crippen molar-refractivity contribution >= 4 is 6.09 Å². The number of ether oxygens (including phenoxy) is 1. The Morgan fingerprint density at radius 1 is 1.14 bits per heavy atom. The van der Waals surface area contributed by atoms with E-state index in [0.717, 1.165) is 23.1 Å². The van der Waals surface area contributed by atoms with Crippen LogP contribution in [-0.4, -0.2) is 38.9 Å². The van der Waals surface area contributed by atoms with E-state index in [1.807, 2.05) is 36.5 Å². The maximum atomic E-state index is 12.6. The monoisotopic (exact) mass is 398 g/mol. The van der Waals surface area contributed by atoms with Crippen LogP contribution in [0.5, 0.6) is 0 Å². The molecule has 0 aliphatic carbocycles. The molecule has 29 heavy (non-hydrogen) atoms. The molecule has 1 fully saturated rings. The molecular formula is C23H30N2O4. The molecule has 1 aromatic carbocycles. The van der Waals surface area contributed by atoms with Gasteiger partial charge >= 0.3 is 6.09 Å². The fourth-order valence-electron chi connectivity index (χ4n) is 3.93. The summed E-state index contributed by atoms with van der Waals surface area (Å²) in [5, 5.41) is 9.98. The van der Waals surface area contributed by atoms with Gasteiger partial charge in [-0.05, 0) is 43.0 Å². The number of hydrogen-bond acceptors (Lipinski definition) is 4. The summed E-state index contributed by atoms with van der Waals surface area (Å²) < 4.78 is 7.15. The van der Waals surface area contributed by atoms with Crippen molar-refractivity contribution in [3.8, 4) is 11.1 Å². The van der Waals surface area contributed by atoms with Crippen LogP contribution >= 0.6 is 0 Å². The normalized spacial score (nSPS) is 18.4. The second kappa shape index (κ2) is 8.41. The van der Waals surface area contributed by atoms with Gasteiger partial charge < -0.3 is 19.3 Å². The Balaban J connectivity index is 1.74. The van der Waals surface area contributed by atoms with Gasteiger partial charge in [0.05, 0.1) is 11.6 Å². The Morgan fingerprint density at radius 3 is 2.34 bits per heavy atom. The molecule has 0 bridgehead atoms. The number of rotatable bonds is 6. The van der Waals surface area contributed by atoms with E-state index < -0.39 is 5.60 Å². The van der Waals surface area contributed by atoms with E-state index in [9.17, 15) is 14.7 Å². The molecule has 156 valence electrons. The second-order valence-electron chi connectivity index (χ2n) is 8.42. The fraction of sp³-hybridized carbons (Fsp3) is 0.478. The van der Waals surface area contributed by atoms with Crippen LogP contribution in [0.15, 0.2) is 47.4 Å². The number of aliphatic hydroxyl groups is 1. The van der Waals surface area contributed by atoms with E-state index in [2.05, 4.69) is 6.92 Å². The molecule has 0 spiro atoms. The zero-order chi connectivity index (χ0) is 21.2. The predicted molar refractivity (Wildman–Crippen MR) is 113 cm³/mol. The maximum absolute atomic E-state index is 12.6. The molecule has 1 amide bonds. The van der Waals surface area contributed by atoms with Crippen molar-refractivity contribution in [1.29, 1.82) is 0 Å². The topological polar surface area (TPSA) is 71.8 Å². The van der Waals surface area contributed by atoms with E-state index in [1.165, 1.54) is 0 Å². The Hall–Kier alpha value is -2.60. The SMILES string of the molecule is CC[C@@H](c1ccc(-c2ccc(=O)n(C)c2)cc1)N1CCC(CC(C)(C)O)OC1=O. The lowest BCUT2D eigenvalue weighted by Crippen LogP contribution is -2.45. The standard InChI is InChI=1S/C23H30N2O4/c1-5-20(25-13-12-19(29-22(25)27)14-23(2,3)28)17-8-6-16(7-9-17)18-10-11-21(26)24(4)15-18/h6-11,15,19-20,28H,5,12-14H2,1-4H3/t19?,20-/m0/s1. The molecule has 1 aromatic heterocycles. The highest BCUT2D eigenvalue weighted by molar-refractivity contribution is 5.69. The van der Waals surface area contributed by atoms with Crippen molar-refractivity contribution in [2.24, 2.45) is 7.05 Å². The summed E-state index contributed by atoms with van der Waals surface area (Å²) in [5.74, 6) is 0. The number of benzene rings is 1. The largest absolute Gasteiger partial charge is 0.446 e. The van der Waals surface area contributed by atoms with Crippen LogP contribution in [0.2, 0.25) is 0 Å². The Labute approximate surface area is 171 Å². The van der Waals surface area contributed by atoms with Gasteiger partial charge in [0.2, 0.25) is 5.56 Å². The Morgan fingerprint density at radius 2 is 1.79 bits per heavy atom. The number of nitrogens with zero attached hydrogens (tertiary/aromatic N) is 2. The van der Waals surface area contributed by atoms with E-state index in [4.69, 9.17) is 4.74 Å². The molecule has 1 unspecified atom stereocenters. The zero-order valence-corrected chi connectivity index (χ0v) is 17.6. The molecule has 1 N–H and O–H groups in total. The molecular weight excluding hydrogens is 368 g/mol. The highest BCUT2D eigenvalue weighted by Crippen LogP contribution is 2.31. The van der Waals surface area contributed by atoms with Crippen molar-refractivity contribution in [2.45, 2.75) is 57.8 Å². The molecule has 2 atom stereocenters. The lowest BCUT2D eigenvalue weighted by atomic mass is 9.96. The average molecular weight is 399 g/mol. The van der Waals surface area contributed by atoms with Gasteiger partial charge in [-0.25, -0.2) is 4.79 Å². The molecule has 1 saturated heterocycles. The molecule has 2 heterocycles. The number of hydrogen-bond donors (Lipinski definition) is 1. The average Bonchev–Trinajstić information content (AvgIpc) is 2.65. The van der Waals surface area contributed by atoms with Crippen molar-refractivity contribution in [1.82, 2.24) is 9.47 Å². The number of cyclic esters (lactones) is 1. The second-order valence-corrected chi connectivity index (χ2v) is 8.42. The number of aromatic nitrogens is 1. The van der Waals surface area contributed by atoms with Gasteiger partial charge in [0.25, 0.3) is 0 Å². The summed E-state index contributed by atoms with van der Waals surface area (Å²) in [5.41, 5.74) is 2.15. The van der Waals surface area contributed by atoms with Crippen molar-refractivity contribution in [2.75, 3.05) is 6.54 Å². The predicted octanol–water partition coefficient (Wildman–Crippen LogP) is 3.88. The number of carbonyl (C=O) groups is 1. The van der Waals surface area contributed by atoms with Crippen molar-refractivity contribution in [3.05, 3.63) is 58.5 Å². The molecule has 1 aliphatic heterocycles. The molecule has 0 radical (unpaired) electrons. The first-order chi connectivity index (χ1) is 13.7. The van der Waals surface area contributed by atoms with E-state index in [1.54, 1.807) is 36.4 Å². The van der Waals surface area contributed by atoms with Crippen LogP contribution in [0.25, 0.3) is 11.1 Å². The molecule has 3 rings (SSSR count). The minimum Gasteiger partial charge on any atom is -0.446 e. The Bertz CT molecular complexity index is 912. The van der Waals surface area contributed by atoms with Crippen LogP contribution in [0.3, 0.4) is 0 Å². The smallest absolute Gasteiger partial charge is 0.410 e. The first-order valence-electron chi connectivity index (χ1n) is 10.1. The minimum atomic E-state index is -0.853. The lowest BCUT2D eigenvalue weighted by Gasteiger charge is -2.38. The number of carbonyl (C=O) groups excluding carboxylic acids is 1. The van der Waals surface area contributed by atoms with Gasteiger partial charge in [0.15, 0.2) is 0 Å². The van der Waals surface area contributed by atoms with Crippen LogP contribution < -0.4 is 5.56 Å². The van der Waals surface area contributed by atoms with Gasteiger partial charge in [0.1, 0.15) is 6.10 Å². The maximum Gasteiger partial charge on any atom is 0.410 e. The van der Waals surface area contributed by atoms with E-state index >= 15 is 0 Å². The molecule has 1 aliphatic rings. The highest BCUT2D eigenvalue weighted by Gasteiger charge is 2.34. The van der Waals surface area contributed by atoms with Crippen LogP contribution in [-0.2, 0) is 11.8 Å². The third-order valence-corrected chi connectivity index (χ3v) is 5.40. The minimum absolute atomic E-state index is 0.0390. The lowest BCUT2D eigenvalue weighted by molar-refractivity contribution is -0.0325. The van der Waals surface area contributed by atoms with Crippen LogP contribution in [0, 0.1) is 0 Å². The van der Waals surface area contributed by atoms with Crippen molar-refractivity contribution in [3.63, 3.8) is 0 Å². The number of aryl methyl sites for hydroxylation is 1. The Kier molecular flexibility index (Phi) is 6.13. The zero-order valence-electron chi connectivity index (χ0n) is 17.6. The quantitative estimate of drug-likeness (QED) is 0.802. The third-order valence-electron chi connectivity index (χ3n) is 5.40. The molecule has 6 nitrogen and oxygen atoms in total. The number of amides is 1. The molecule has 2 aromatic rings. The van der Waals surface area contributed by atoms with Crippen LogP contribution in [0.1, 0.15) is 51.6 Å². The van der Waals surface area contributed by atoms with E-state index in [-0.39, 0.29) is 23.8 Å². The summed E-state index contributed by atoms with van der Waals surface area (Å²) in [6.07, 6.45) is 3.19. The van der Waals surface area contributed by atoms with Gasteiger partial charge in [-0.3, -0.25) is 4.79 Å². The summed E-state index contributed by atoms with van der Waals surface area (Å²) in [7, 11) is 1.74. The fourth-order valence-corrected chi connectivity index (χ4v) is 3.93. The van der Waals surface area contributed by atoms with Gasteiger partial charge in [-0.1, -0.05) is 31.2 Å². The molecule has 6 heteroatoms. The summed E-state index contributed by atoms with van der Waals surface area (Å²) in [6.45, 7) is 6.13. The summed E-state index contributed by atoms with van der Waals surface area (Å²) >= 11 is 0. The number of pyridine rings is 1. The van der Waals surface area contributed by atoms with Gasteiger partial charge in [-0.2, -0.15) is 0 Å². The summed E-state index contributed by atoms with van der Waals surface area (Å²) in [6, 6.07) is 11.4. The van der Waals surface area contributed by atoms with E-state index in [0.29, 0.717) is 19.4 Å². The van der Waals surface area contributed by atoms with Gasteiger partial charge in [-0.15, -0.1) is 0 Å². The molecule has 0 saturated carbocycles. The van der Waals surface area contributed by atoms with Crippen molar-refractivity contribution < 1.29 is 14.6 Å². The first-order valence-corrected chi connectivity index (χ1v) is 10.1. The summed E-state index contributed by atoms with van der Waals surface area (Å²) in [4.78, 5) is 26.0. The first kappa shape index (κ1) is 21.1. The highest BCUT2D eigenvalue weighted by atomic mass is 16.6.